The zero-order valence-electron chi connectivity index (χ0n) is 15.7. The van der Waals surface area contributed by atoms with Gasteiger partial charge in [-0.25, -0.2) is 0 Å². The van der Waals surface area contributed by atoms with Crippen LogP contribution in [0.25, 0.3) is 0 Å². The van der Waals surface area contributed by atoms with Crippen molar-refractivity contribution >= 4 is 0 Å². The molecule has 0 aromatic heterocycles. The van der Waals surface area contributed by atoms with Gasteiger partial charge >= 0.3 is 0 Å². The van der Waals surface area contributed by atoms with Gasteiger partial charge in [-0.05, 0) is 85.0 Å². The third-order valence-electron chi connectivity index (χ3n) is 8.02. The molecule has 26 heavy (non-hydrogen) atoms. The number of hydrogen-bond donors (Lipinski definition) is 0. The molecule has 0 spiro atoms. The number of nitrogens with zero attached hydrogens (tertiary/aromatic N) is 1. The molecule has 0 amide bonds. The molecule has 1 heteroatoms. The van der Waals surface area contributed by atoms with Crippen LogP contribution in [0.15, 0.2) is 48.5 Å². The normalized spacial score (nSPS) is 35.5. The number of hydrogen-bond acceptors (Lipinski definition) is 1. The third-order valence-corrected chi connectivity index (χ3v) is 8.02. The second kappa shape index (κ2) is 5.70. The van der Waals surface area contributed by atoms with E-state index in [1.54, 1.807) is 11.1 Å². The maximum absolute atomic E-state index is 2.92. The van der Waals surface area contributed by atoms with E-state index >= 15 is 0 Å². The first-order valence-electron chi connectivity index (χ1n) is 10.7. The van der Waals surface area contributed by atoms with Gasteiger partial charge in [0.25, 0.3) is 0 Å². The summed E-state index contributed by atoms with van der Waals surface area (Å²) in [5, 5.41) is 0. The molecule has 4 saturated carbocycles. The Bertz CT molecular complexity index is 753. The summed E-state index contributed by atoms with van der Waals surface area (Å²) in [6, 6.07) is 18.4. The minimum Gasteiger partial charge on any atom is -0.289 e. The van der Waals surface area contributed by atoms with Gasteiger partial charge in [0, 0.05) is 18.6 Å². The summed E-state index contributed by atoms with van der Waals surface area (Å²) in [6.45, 7) is 2.30. The van der Waals surface area contributed by atoms with Gasteiger partial charge in [-0.1, -0.05) is 48.5 Å². The topological polar surface area (TPSA) is 3.24 Å². The van der Waals surface area contributed by atoms with E-state index in [2.05, 4.69) is 53.4 Å². The van der Waals surface area contributed by atoms with E-state index in [4.69, 9.17) is 0 Å². The van der Waals surface area contributed by atoms with Crippen molar-refractivity contribution in [2.24, 2.45) is 17.8 Å². The molecule has 4 bridgehead atoms. The maximum atomic E-state index is 2.92. The van der Waals surface area contributed by atoms with Crippen LogP contribution in [0, 0.1) is 17.8 Å². The van der Waals surface area contributed by atoms with Gasteiger partial charge in [-0.3, -0.25) is 4.90 Å². The Balaban J connectivity index is 1.45. The highest BCUT2D eigenvalue weighted by Gasteiger charge is 2.53. The average Bonchev–Trinajstić information content (AvgIpc) is 2.60. The lowest BCUT2D eigenvalue weighted by Crippen LogP contribution is -2.59. The number of fused-ring (bicyclic) bond motifs is 2. The van der Waals surface area contributed by atoms with Crippen LogP contribution in [0.1, 0.15) is 60.8 Å². The lowest BCUT2D eigenvalue weighted by molar-refractivity contribution is -0.0965. The first kappa shape index (κ1) is 15.5. The molecule has 0 N–H and O–H groups in total. The molecule has 4 aliphatic carbocycles. The van der Waals surface area contributed by atoms with E-state index in [0.29, 0.717) is 5.54 Å². The van der Waals surface area contributed by atoms with E-state index < -0.39 is 0 Å². The molecule has 0 unspecified atom stereocenters. The summed E-state index contributed by atoms with van der Waals surface area (Å²) in [7, 11) is 0. The monoisotopic (exact) mass is 343 g/mol. The predicted octanol–water partition coefficient (Wildman–Crippen LogP) is 5.56. The highest BCUT2D eigenvalue weighted by atomic mass is 15.2. The fraction of sp³-hybridized carbons (Fsp3) is 0.520. The molecule has 2 aromatic rings. The van der Waals surface area contributed by atoms with E-state index in [-0.39, 0.29) is 0 Å². The van der Waals surface area contributed by atoms with Crippen LogP contribution in [0.5, 0.6) is 0 Å². The van der Waals surface area contributed by atoms with Crippen molar-refractivity contribution in [2.45, 2.75) is 63.6 Å². The summed E-state index contributed by atoms with van der Waals surface area (Å²) in [5.74, 6) is 3.03. The van der Waals surface area contributed by atoms with Crippen molar-refractivity contribution in [3.8, 4) is 0 Å². The van der Waals surface area contributed by atoms with E-state index in [0.717, 1.165) is 37.3 Å². The summed E-state index contributed by atoms with van der Waals surface area (Å²) in [4.78, 5) is 2.92. The van der Waals surface area contributed by atoms with Crippen molar-refractivity contribution < 1.29 is 0 Å². The zero-order valence-corrected chi connectivity index (χ0v) is 15.7. The molecule has 0 radical (unpaired) electrons. The van der Waals surface area contributed by atoms with Crippen LogP contribution in [0.4, 0.5) is 0 Å². The van der Waals surface area contributed by atoms with Gasteiger partial charge < -0.3 is 0 Å². The van der Waals surface area contributed by atoms with Gasteiger partial charge in [0.05, 0.1) is 0 Å². The van der Waals surface area contributed by atoms with Crippen LogP contribution in [-0.4, -0.2) is 10.4 Å². The molecular formula is C25H29N. The first-order chi connectivity index (χ1) is 12.8. The Hall–Kier alpha value is -1.60. The molecule has 0 saturated heterocycles. The van der Waals surface area contributed by atoms with Crippen LogP contribution >= 0.6 is 0 Å². The molecule has 1 heterocycles. The molecule has 4 fully saturated rings. The Morgan fingerprint density at radius 2 is 1.04 bits per heavy atom. The lowest BCUT2D eigenvalue weighted by Gasteiger charge is -2.61. The zero-order chi connectivity index (χ0) is 17.1. The molecule has 2 aromatic carbocycles. The third kappa shape index (κ3) is 2.40. The first-order valence-corrected chi connectivity index (χ1v) is 10.7. The summed E-state index contributed by atoms with van der Waals surface area (Å²) >= 11 is 0. The standard InChI is InChI=1S/C25H29N/c1-3-7-23-16-26(17-24-8-4-2-6-22(24)12-21(23)5-1)25-13-18-9-19(14-25)11-20(10-18)15-25/h1-8,18-20H,9-17H2. The highest BCUT2D eigenvalue weighted by molar-refractivity contribution is 5.38. The predicted molar refractivity (Wildman–Crippen MR) is 106 cm³/mol. The number of benzene rings is 2. The highest BCUT2D eigenvalue weighted by Crippen LogP contribution is 2.58. The van der Waals surface area contributed by atoms with Crippen molar-refractivity contribution in [2.75, 3.05) is 0 Å². The summed E-state index contributed by atoms with van der Waals surface area (Å²) < 4.78 is 0. The largest absolute Gasteiger partial charge is 0.289 e. The molecule has 1 nitrogen and oxygen atoms in total. The van der Waals surface area contributed by atoms with Gasteiger partial charge in [0.1, 0.15) is 0 Å². The minimum atomic E-state index is 0.478. The van der Waals surface area contributed by atoms with Crippen molar-refractivity contribution in [3.05, 3.63) is 70.8 Å². The van der Waals surface area contributed by atoms with Gasteiger partial charge in [-0.2, -0.15) is 0 Å². The second-order valence-corrected chi connectivity index (χ2v) is 9.71. The second-order valence-electron chi connectivity index (χ2n) is 9.71. The fourth-order valence-electron chi connectivity index (χ4n) is 7.23. The molecule has 134 valence electrons. The van der Waals surface area contributed by atoms with Crippen molar-refractivity contribution in [1.29, 1.82) is 0 Å². The van der Waals surface area contributed by atoms with Gasteiger partial charge in [-0.15, -0.1) is 0 Å². The Morgan fingerprint density at radius 1 is 0.615 bits per heavy atom. The SMILES string of the molecule is c1ccc2c(c1)Cc1ccccc1CN(C13CC4CC(CC(C4)C1)C3)C2. The average molecular weight is 344 g/mol. The van der Waals surface area contributed by atoms with Crippen molar-refractivity contribution in [1.82, 2.24) is 4.90 Å². The van der Waals surface area contributed by atoms with Crippen LogP contribution in [-0.2, 0) is 19.5 Å². The fourth-order valence-corrected chi connectivity index (χ4v) is 7.23. The molecule has 0 atom stereocenters. The van der Waals surface area contributed by atoms with Crippen LogP contribution in [0.3, 0.4) is 0 Å². The molecule has 1 aliphatic heterocycles. The Labute approximate surface area is 157 Å². The van der Waals surface area contributed by atoms with Crippen molar-refractivity contribution in [3.63, 3.8) is 0 Å². The molecule has 5 aliphatic rings. The summed E-state index contributed by atoms with van der Waals surface area (Å²) in [5.41, 5.74) is 6.69. The minimum absolute atomic E-state index is 0.478. The Kier molecular flexibility index (Phi) is 3.39. The maximum Gasteiger partial charge on any atom is 0.0245 e. The van der Waals surface area contributed by atoms with Gasteiger partial charge in [0.2, 0.25) is 0 Å². The van der Waals surface area contributed by atoms with E-state index in [9.17, 15) is 0 Å². The number of rotatable bonds is 1. The quantitative estimate of drug-likeness (QED) is 0.655. The molecular weight excluding hydrogens is 314 g/mol. The van der Waals surface area contributed by atoms with E-state index in [1.807, 2.05) is 0 Å². The smallest absolute Gasteiger partial charge is 0.0245 e. The molecule has 7 rings (SSSR count). The lowest BCUT2D eigenvalue weighted by atomic mass is 9.52. The Morgan fingerprint density at radius 3 is 1.50 bits per heavy atom. The summed E-state index contributed by atoms with van der Waals surface area (Å²) in [6.07, 6.45) is 10.1. The van der Waals surface area contributed by atoms with Crippen LogP contribution in [0.2, 0.25) is 0 Å². The van der Waals surface area contributed by atoms with Gasteiger partial charge in [0.15, 0.2) is 0 Å². The van der Waals surface area contributed by atoms with Crippen LogP contribution < -0.4 is 0 Å². The van der Waals surface area contributed by atoms with E-state index in [1.165, 1.54) is 49.7 Å².